The molecular formula is C8H10BNO. The van der Waals surface area contributed by atoms with Crippen molar-refractivity contribution in [2.24, 2.45) is 4.99 Å². The fraction of sp³-hybridized carbons (Fsp3) is 0.125. The topological polar surface area (TPSA) is 32.6 Å². The molecule has 0 amide bonds. The van der Waals surface area contributed by atoms with Gasteiger partial charge in [0.2, 0.25) is 0 Å². The molecule has 1 aromatic carbocycles. The van der Waals surface area contributed by atoms with Crippen LogP contribution in [0, 0.1) is 0 Å². The van der Waals surface area contributed by atoms with E-state index in [-0.39, 0.29) is 5.75 Å². The van der Waals surface area contributed by atoms with Crippen LogP contribution in [-0.4, -0.2) is 25.6 Å². The first-order valence-corrected chi connectivity index (χ1v) is 3.62. The molecule has 11 heavy (non-hydrogen) atoms. The number of para-hydroxylation sites is 1. The van der Waals surface area contributed by atoms with Crippen molar-refractivity contribution < 1.29 is 5.11 Å². The zero-order chi connectivity index (χ0) is 8.10. The van der Waals surface area contributed by atoms with Gasteiger partial charge in [0, 0.05) is 18.2 Å². The maximum absolute atomic E-state index is 9.25. The third-order valence-corrected chi connectivity index (χ3v) is 1.35. The van der Waals surface area contributed by atoms with Crippen LogP contribution >= 0.6 is 0 Å². The van der Waals surface area contributed by atoms with Gasteiger partial charge in [0.05, 0.1) is 0 Å². The summed E-state index contributed by atoms with van der Waals surface area (Å²) in [5, 5.41) is 9.25. The van der Waals surface area contributed by atoms with Crippen LogP contribution in [0.25, 0.3) is 0 Å². The second-order valence-corrected chi connectivity index (χ2v) is 2.19. The van der Waals surface area contributed by atoms with Crippen LogP contribution in [0.5, 0.6) is 5.75 Å². The molecule has 0 unspecified atom stereocenters. The molecule has 3 heteroatoms. The Bertz CT molecular complexity index is 260. The molecule has 0 aliphatic carbocycles. The maximum atomic E-state index is 9.25. The van der Waals surface area contributed by atoms with E-state index in [9.17, 15) is 5.11 Å². The van der Waals surface area contributed by atoms with E-state index >= 15 is 0 Å². The molecule has 0 saturated heterocycles. The molecule has 56 valence electrons. The summed E-state index contributed by atoms with van der Waals surface area (Å²) in [6.45, 7) is 0. The summed E-state index contributed by atoms with van der Waals surface area (Å²) >= 11 is 0. The molecule has 0 saturated carbocycles. The van der Waals surface area contributed by atoms with Gasteiger partial charge in [0.15, 0.2) is 0 Å². The van der Waals surface area contributed by atoms with Crippen molar-refractivity contribution in [3.05, 3.63) is 29.8 Å². The van der Waals surface area contributed by atoms with Crippen molar-refractivity contribution in [2.75, 3.05) is 6.44 Å². The minimum atomic E-state index is 0.282. The number of benzene rings is 1. The summed E-state index contributed by atoms with van der Waals surface area (Å²) in [6.07, 6.45) is 2.42. The molecule has 1 N–H and O–H groups in total. The Balaban J connectivity index is 2.86. The first-order chi connectivity index (χ1) is 5.34. The molecule has 0 heterocycles. The summed E-state index contributed by atoms with van der Waals surface area (Å²) in [7, 11) is 1.95. The average Bonchev–Trinajstić information content (AvgIpc) is 2.03. The second-order valence-electron chi connectivity index (χ2n) is 2.19. The number of hydrogen-bond donors (Lipinski definition) is 1. The number of aromatic hydroxyl groups is 1. The molecule has 1 rings (SSSR count). The Kier molecular flexibility index (Phi) is 2.72. The standard InChI is InChI=1S/C8H10BNO/c9-6-10-5-7-3-1-2-4-8(7)11/h1-5,11H,6,9H2/b10-5+. The van der Waals surface area contributed by atoms with Crippen molar-refractivity contribution in [1.29, 1.82) is 0 Å². The molecule has 0 atom stereocenters. The number of nitrogens with zero attached hydrogens (tertiary/aromatic N) is 1. The van der Waals surface area contributed by atoms with Gasteiger partial charge in [-0.1, -0.05) is 12.1 Å². The normalized spacial score (nSPS) is 10.5. The Morgan fingerprint density at radius 2 is 2.18 bits per heavy atom. The predicted molar refractivity (Wildman–Crippen MR) is 49.1 cm³/mol. The summed E-state index contributed by atoms with van der Waals surface area (Å²) in [5.41, 5.74) is 0.773. The van der Waals surface area contributed by atoms with Crippen LogP contribution in [0.15, 0.2) is 29.3 Å². The lowest BCUT2D eigenvalue weighted by atomic mass is 10.2. The highest BCUT2D eigenvalue weighted by Gasteiger charge is 1.92. The van der Waals surface area contributed by atoms with Gasteiger partial charge in [0.1, 0.15) is 13.6 Å². The maximum Gasteiger partial charge on any atom is 0.129 e. The molecule has 0 spiro atoms. The Morgan fingerprint density at radius 1 is 1.45 bits per heavy atom. The van der Waals surface area contributed by atoms with Gasteiger partial charge in [-0.25, -0.2) is 0 Å². The van der Waals surface area contributed by atoms with Crippen LogP contribution in [-0.2, 0) is 0 Å². The molecule has 0 aromatic heterocycles. The fourth-order valence-corrected chi connectivity index (χ4v) is 0.786. The van der Waals surface area contributed by atoms with E-state index in [1.165, 1.54) is 0 Å². The molecule has 2 nitrogen and oxygen atoms in total. The van der Waals surface area contributed by atoms with Crippen LogP contribution in [0.2, 0.25) is 0 Å². The quantitative estimate of drug-likeness (QED) is 0.476. The van der Waals surface area contributed by atoms with Gasteiger partial charge >= 0.3 is 0 Å². The summed E-state index contributed by atoms with van der Waals surface area (Å²) in [4.78, 5) is 4.02. The minimum absolute atomic E-state index is 0.282. The first kappa shape index (κ1) is 7.86. The predicted octanol–water partition coefficient (Wildman–Crippen LogP) is 0.402. The first-order valence-electron chi connectivity index (χ1n) is 3.62. The fourth-order valence-electron chi connectivity index (χ4n) is 0.786. The SMILES string of the molecule is BC/N=C/c1ccccc1O. The molecule has 0 radical (unpaired) electrons. The average molecular weight is 147 g/mol. The van der Waals surface area contributed by atoms with E-state index in [0.717, 1.165) is 12.0 Å². The zero-order valence-electron chi connectivity index (χ0n) is 6.49. The zero-order valence-corrected chi connectivity index (χ0v) is 6.49. The van der Waals surface area contributed by atoms with Gasteiger partial charge in [-0.15, -0.1) is 0 Å². The highest BCUT2D eigenvalue weighted by atomic mass is 16.3. The highest BCUT2D eigenvalue weighted by Crippen LogP contribution is 2.12. The van der Waals surface area contributed by atoms with E-state index in [0.29, 0.717) is 0 Å². The number of phenolic OH excluding ortho intramolecular Hbond substituents is 1. The van der Waals surface area contributed by atoms with Crippen LogP contribution in [0.4, 0.5) is 0 Å². The lowest BCUT2D eigenvalue weighted by molar-refractivity contribution is 0.474. The third kappa shape index (κ3) is 2.11. The Hall–Kier alpha value is -1.25. The minimum Gasteiger partial charge on any atom is -0.507 e. The van der Waals surface area contributed by atoms with E-state index in [4.69, 9.17) is 0 Å². The molecule has 0 aliphatic rings. The van der Waals surface area contributed by atoms with E-state index in [2.05, 4.69) is 4.99 Å². The Labute approximate surface area is 67.0 Å². The van der Waals surface area contributed by atoms with Crippen molar-refractivity contribution in [3.8, 4) is 5.75 Å². The number of rotatable bonds is 2. The van der Waals surface area contributed by atoms with Crippen molar-refractivity contribution in [1.82, 2.24) is 0 Å². The Morgan fingerprint density at radius 3 is 2.82 bits per heavy atom. The van der Waals surface area contributed by atoms with E-state index in [1.54, 1.807) is 18.3 Å². The second kappa shape index (κ2) is 3.81. The largest absolute Gasteiger partial charge is 0.507 e. The number of phenols is 1. The van der Waals surface area contributed by atoms with Crippen molar-refractivity contribution >= 4 is 14.1 Å². The van der Waals surface area contributed by atoms with E-state index in [1.807, 2.05) is 20.0 Å². The highest BCUT2D eigenvalue weighted by molar-refractivity contribution is 6.09. The molecular weight excluding hydrogens is 137 g/mol. The molecule has 0 fully saturated rings. The molecule has 1 aromatic rings. The third-order valence-electron chi connectivity index (χ3n) is 1.35. The molecule has 0 aliphatic heterocycles. The van der Waals surface area contributed by atoms with Gasteiger partial charge in [-0.05, 0) is 12.1 Å². The van der Waals surface area contributed by atoms with E-state index < -0.39 is 0 Å². The number of hydrogen-bond acceptors (Lipinski definition) is 2. The van der Waals surface area contributed by atoms with Crippen molar-refractivity contribution in [2.45, 2.75) is 0 Å². The summed E-state index contributed by atoms with van der Waals surface area (Å²) in [6, 6.07) is 7.14. The monoisotopic (exact) mass is 147 g/mol. The van der Waals surface area contributed by atoms with Gasteiger partial charge < -0.3 is 10.1 Å². The van der Waals surface area contributed by atoms with Crippen LogP contribution in [0.1, 0.15) is 5.56 Å². The number of aliphatic imine (C=N–C) groups is 1. The smallest absolute Gasteiger partial charge is 0.129 e. The summed E-state index contributed by atoms with van der Waals surface area (Å²) in [5.74, 6) is 0.282. The van der Waals surface area contributed by atoms with Gasteiger partial charge in [-0.2, -0.15) is 0 Å². The molecule has 0 bridgehead atoms. The van der Waals surface area contributed by atoms with Crippen LogP contribution < -0.4 is 0 Å². The van der Waals surface area contributed by atoms with Gasteiger partial charge in [-0.3, -0.25) is 0 Å². The van der Waals surface area contributed by atoms with Crippen molar-refractivity contribution in [3.63, 3.8) is 0 Å². The summed E-state index contributed by atoms with van der Waals surface area (Å²) < 4.78 is 0. The lowest BCUT2D eigenvalue weighted by Gasteiger charge is -1.95. The van der Waals surface area contributed by atoms with Gasteiger partial charge in [0.25, 0.3) is 0 Å². The van der Waals surface area contributed by atoms with Crippen LogP contribution in [0.3, 0.4) is 0 Å². The lowest BCUT2D eigenvalue weighted by Crippen LogP contribution is -1.83.